The Hall–Kier alpha value is -2.32. The molecule has 0 radical (unpaired) electrons. The van der Waals surface area contributed by atoms with Crippen LogP contribution in [-0.4, -0.2) is 21.8 Å². The molecule has 0 aliphatic rings. The van der Waals surface area contributed by atoms with E-state index >= 15 is 0 Å². The number of thiazole rings is 1. The first-order chi connectivity index (χ1) is 15.0. The van der Waals surface area contributed by atoms with Crippen LogP contribution in [0.3, 0.4) is 0 Å². The molecule has 1 unspecified atom stereocenters. The van der Waals surface area contributed by atoms with Crippen LogP contribution >= 0.6 is 23.1 Å². The summed E-state index contributed by atoms with van der Waals surface area (Å²) in [6.07, 6.45) is -3.70. The zero-order valence-electron chi connectivity index (χ0n) is 18.0. The number of carboxylic acids is 1. The average Bonchev–Trinajstić information content (AvgIpc) is 3.12. The van der Waals surface area contributed by atoms with Crippen molar-refractivity contribution in [2.24, 2.45) is 0 Å². The van der Waals surface area contributed by atoms with E-state index < -0.39 is 17.7 Å². The smallest absolute Gasteiger partial charge is 0.416 e. The van der Waals surface area contributed by atoms with E-state index in [1.807, 2.05) is 26.0 Å². The maximum absolute atomic E-state index is 12.8. The van der Waals surface area contributed by atoms with Gasteiger partial charge in [0.1, 0.15) is 5.01 Å². The lowest BCUT2D eigenvalue weighted by Crippen LogP contribution is -2.03. The highest BCUT2D eigenvalue weighted by molar-refractivity contribution is 7.99. The molecule has 2 aromatic carbocycles. The Bertz CT molecular complexity index is 1090. The molecule has 0 spiro atoms. The molecule has 3 rings (SSSR count). The van der Waals surface area contributed by atoms with Gasteiger partial charge in [-0.3, -0.25) is 4.79 Å². The van der Waals surface area contributed by atoms with E-state index in [1.54, 1.807) is 11.8 Å². The van der Waals surface area contributed by atoms with Crippen molar-refractivity contribution < 1.29 is 23.1 Å². The van der Waals surface area contributed by atoms with Crippen LogP contribution in [0.25, 0.3) is 10.6 Å². The highest BCUT2D eigenvalue weighted by Gasteiger charge is 2.30. The Balaban J connectivity index is 1.66. The molecule has 8 heteroatoms. The number of aryl methyl sites for hydroxylation is 3. The van der Waals surface area contributed by atoms with Crippen LogP contribution in [0.4, 0.5) is 13.2 Å². The van der Waals surface area contributed by atoms with Crippen LogP contribution < -0.4 is 0 Å². The maximum atomic E-state index is 12.8. The number of hydrogen-bond donors (Lipinski definition) is 1. The molecule has 0 bridgehead atoms. The summed E-state index contributed by atoms with van der Waals surface area (Å²) < 4.78 is 38.4. The van der Waals surface area contributed by atoms with Crippen LogP contribution in [0, 0.1) is 13.8 Å². The summed E-state index contributed by atoms with van der Waals surface area (Å²) in [4.78, 5) is 17.6. The van der Waals surface area contributed by atoms with E-state index in [1.165, 1.54) is 23.5 Å². The lowest BCUT2D eigenvalue weighted by atomic mass is 10.0. The summed E-state index contributed by atoms with van der Waals surface area (Å²) in [6, 6.07) is 11.2. The minimum Gasteiger partial charge on any atom is -0.481 e. The number of carbonyl (C=O) groups is 1. The first-order valence-electron chi connectivity index (χ1n) is 10.1. The molecular formula is C24H24F3NO2S2. The summed E-state index contributed by atoms with van der Waals surface area (Å²) in [7, 11) is 0. The molecule has 1 atom stereocenters. The average molecular weight is 480 g/mol. The van der Waals surface area contributed by atoms with Crippen LogP contribution in [0.1, 0.15) is 46.5 Å². The van der Waals surface area contributed by atoms with E-state index in [9.17, 15) is 18.0 Å². The number of aromatic nitrogens is 1. The first-order valence-corrected chi connectivity index (χ1v) is 11.9. The molecule has 0 saturated heterocycles. The predicted molar refractivity (Wildman–Crippen MR) is 124 cm³/mol. The lowest BCUT2D eigenvalue weighted by molar-refractivity contribution is -0.138. The fourth-order valence-electron chi connectivity index (χ4n) is 3.37. The predicted octanol–water partition coefficient (Wildman–Crippen LogP) is 7.36. The number of carboxylic acid groups (broad SMARTS) is 1. The third-order valence-corrected chi connectivity index (χ3v) is 7.85. The monoisotopic (exact) mass is 479 g/mol. The van der Waals surface area contributed by atoms with E-state index in [0.29, 0.717) is 12.0 Å². The van der Waals surface area contributed by atoms with Gasteiger partial charge in [-0.15, -0.1) is 23.1 Å². The summed E-state index contributed by atoms with van der Waals surface area (Å²) in [5, 5.41) is 9.59. The van der Waals surface area contributed by atoms with E-state index in [0.717, 1.165) is 49.5 Å². The SMILES string of the molecule is Cc1cc(SCC(C)c2sc(-c3ccc(C(F)(F)F)cc3)nc2C)ccc1CCC(=O)O. The number of benzene rings is 2. The lowest BCUT2D eigenvalue weighted by Gasteiger charge is -2.11. The summed E-state index contributed by atoms with van der Waals surface area (Å²) in [5.41, 5.74) is 3.05. The summed E-state index contributed by atoms with van der Waals surface area (Å²) in [6.45, 7) is 6.05. The fourth-order valence-corrected chi connectivity index (χ4v) is 5.63. The van der Waals surface area contributed by atoms with Gasteiger partial charge in [0.25, 0.3) is 0 Å². The van der Waals surface area contributed by atoms with Gasteiger partial charge < -0.3 is 5.11 Å². The number of nitrogens with zero attached hydrogens (tertiary/aromatic N) is 1. The van der Waals surface area contributed by atoms with Crippen LogP contribution in [-0.2, 0) is 17.4 Å². The van der Waals surface area contributed by atoms with Crippen LogP contribution in [0.2, 0.25) is 0 Å². The number of hydrogen-bond acceptors (Lipinski definition) is 4. The highest BCUT2D eigenvalue weighted by atomic mass is 32.2. The maximum Gasteiger partial charge on any atom is 0.416 e. The molecular weight excluding hydrogens is 455 g/mol. The highest BCUT2D eigenvalue weighted by Crippen LogP contribution is 2.37. The number of alkyl halides is 3. The van der Waals surface area contributed by atoms with Gasteiger partial charge in [-0.25, -0.2) is 4.98 Å². The largest absolute Gasteiger partial charge is 0.481 e. The molecule has 170 valence electrons. The van der Waals surface area contributed by atoms with E-state index in [2.05, 4.69) is 18.0 Å². The quantitative estimate of drug-likeness (QED) is 0.343. The van der Waals surface area contributed by atoms with Crippen LogP contribution in [0.5, 0.6) is 0 Å². The van der Waals surface area contributed by atoms with Crippen LogP contribution in [0.15, 0.2) is 47.4 Å². The van der Waals surface area contributed by atoms with E-state index in [-0.39, 0.29) is 12.3 Å². The Morgan fingerprint density at radius 3 is 2.44 bits per heavy atom. The molecule has 1 aromatic heterocycles. The Morgan fingerprint density at radius 1 is 1.16 bits per heavy atom. The van der Waals surface area contributed by atoms with Gasteiger partial charge in [-0.2, -0.15) is 13.2 Å². The third-order valence-electron chi connectivity index (χ3n) is 5.16. The molecule has 3 nitrogen and oxygen atoms in total. The van der Waals surface area contributed by atoms with Crippen molar-refractivity contribution in [2.45, 2.75) is 50.6 Å². The minimum atomic E-state index is -4.35. The topological polar surface area (TPSA) is 50.2 Å². The molecule has 1 heterocycles. The van der Waals surface area contributed by atoms with Gasteiger partial charge in [0.2, 0.25) is 0 Å². The molecule has 0 aliphatic carbocycles. The molecule has 3 aromatic rings. The van der Waals surface area contributed by atoms with Crippen molar-refractivity contribution in [3.8, 4) is 10.6 Å². The van der Waals surface area contributed by atoms with Crippen molar-refractivity contribution in [3.05, 3.63) is 69.7 Å². The number of halogens is 3. The van der Waals surface area contributed by atoms with Crippen molar-refractivity contribution in [1.82, 2.24) is 4.98 Å². The second-order valence-corrected chi connectivity index (χ2v) is 9.86. The molecule has 0 saturated carbocycles. The van der Waals surface area contributed by atoms with Crippen molar-refractivity contribution >= 4 is 29.1 Å². The second kappa shape index (κ2) is 10.1. The Kier molecular flexibility index (Phi) is 7.67. The molecule has 0 fully saturated rings. The summed E-state index contributed by atoms with van der Waals surface area (Å²) >= 11 is 3.25. The standard InChI is InChI=1S/C24H24F3NO2S2/c1-14-12-20(10-6-17(14)7-11-21(29)30)31-13-15(2)22-16(3)28-23(32-22)18-4-8-19(9-5-18)24(25,26)27/h4-6,8-10,12,15H,7,11,13H2,1-3H3,(H,29,30). The van der Waals surface area contributed by atoms with Crippen molar-refractivity contribution in [3.63, 3.8) is 0 Å². The third kappa shape index (κ3) is 6.13. The zero-order valence-corrected chi connectivity index (χ0v) is 19.6. The fraction of sp³-hybridized carbons (Fsp3) is 0.333. The number of thioether (sulfide) groups is 1. The van der Waals surface area contributed by atoms with Crippen molar-refractivity contribution in [2.75, 3.05) is 5.75 Å². The van der Waals surface area contributed by atoms with Gasteiger partial charge >= 0.3 is 12.1 Å². The molecule has 32 heavy (non-hydrogen) atoms. The van der Waals surface area contributed by atoms with Gasteiger partial charge in [0, 0.05) is 33.4 Å². The van der Waals surface area contributed by atoms with E-state index in [4.69, 9.17) is 5.11 Å². The van der Waals surface area contributed by atoms with Crippen molar-refractivity contribution in [1.29, 1.82) is 0 Å². The zero-order chi connectivity index (χ0) is 23.5. The van der Waals surface area contributed by atoms with Gasteiger partial charge in [-0.05, 0) is 55.7 Å². The second-order valence-electron chi connectivity index (χ2n) is 7.74. The number of aliphatic carboxylic acids is 1. The molecule has 1 N–H and O–H groups in total. The van der Waals surface area contributed by atoms with Gasteiger partial charge in [-0.1, -0.05) is 25.1 Å². The Labute approximate surface area is 193 Å². The van der Waals surface area contributed by atoms with Gasteiger partial charge in [0.15, 0.2) is 0 Å². The summed E-state index contributed by atoms with van der Waals surface area (Å²) in [5.74, 6) is 0.267. The Morgan fingerprint density at radius 2 is 1.84 bits per heavy atom. The minimum absolute atomic E-state index is 0.121. The molecule has 0 aliphatic heterocycles. The number of rotatable bonds is 8. The normalized spacial score (nSPS) is 12.7. The molecule has 0 amide bonds. The van der Waals surface area contributed by atoms with Gasteiger partial charge in [0.05, 0.1) is 11.3 Å². The first kappa shape index (κ1) is 24.3.